The molecule has 0 saturated heterocycles. The average Bonchev–Trinajstić information content (AvgIpc) is 2.76. The number of carbonyl (C=O) groups excluding carboxylic acids is 1. The molecule has 0 radical (unpaired) electrons. The first kappa shape index (κ1) is 16.9. The van der Waals surface area contributed by atoms with Gasteiger partial charge in [-0.1, -0.05) is 48.0 Å². The van der Waals surface area contributed by atoms with Crippen molar-refractivity contribution in [1.82, 2.24) is 4.98 Å². The van der Waals surface area contributed by atoms with Gasteiger partial charge in [-0.25, -0.2) is 18.2 Å². The Morgan fingerprint density at radius 3 is 2.62 bits per heavy atom. The van der Waals surface area contributed by atoms with Crippen molar-refractivity contribution in [2.75, 3.05) is 7.11 Å². The summed E-state index contributed by atoms with van der Waals surface area (Å²) >= 11 is 6.11. The van der Waals surface area contributed by atoms with Crippen LogP contribution in [-0.4, -0.2) is 26.5 Å². The first-order chi connectivity index (χ1) is 11.3. The fourth-order valence-electron chi connectivity index (χ4n) is 3.12. The Morgan fingerprint density at radius 2 is 2.00 bits per heavy atom. The Hall–Kier alpha value is -1.92. The Bertz CT molecular complexity index is 912. The second-order valence-corrected chi connectivity index (χ2v) is 8.42. The van der Waals surface area contributed by atoms with Crippen molar-refractivity contribution >= 4 is 27.4 Å². The van der Waals surface area contributed by atoms with E-state index in [4.69, 9.17) is 16.3 Å². The zero-order valence-corrected chi connectivity index (χ0v) is 14.8. The minimum Gasteiger partial charge on any atom is -0.468 e. The minimum atomic E-state index is -3.85. The molecule has 1 aromatic heterocycles. The van der Waals surface area contributed by atoms with E-state index in [-0.39, 0.29) is 23.0 Å². The summed E-state index contributed by atoms with van der Waals surface area (Å²) in [4.78, 5) is 16.9. The van der Waals surface area contributed by atoms with Gasteiger partial charge in [0.15, 0.2) is 9.84 Å². The summed E-state index contributed by atoms with van der Waals surface area (Å²) < 4.78 is 29.0. The molecule has 126 valence electrons. The maximum Gasteiger partial charge on any atom is 0.333 e. The number of halogens is 1. The number of fused-ring (bicyclic) bond motifs is 1. The summed E-state index contributed by atoms with van der Waals surface area (Å²) in [6, 6.07) is 10.6. The van der Waals surface area contributed by atoms with Gasteiger partial charge in [0.05, 0.1) is 18.6 Å². The number of pyridine rings is 1. The molecule has 5 nitrogen and oxygen atoms in total. The van der Waals surface area contributed by atoms with Crippen LogP contribution >= 0.6 is 11.6 Å². The molecule has 0 bridgehead atoms. The quantitative estimate of drug-likeness (QED) is 0.617. The zero-order chi connectivity index (χ0) is 17.5. The van der Waals surface area contributed by atoms with Gasteiger partial charge in [-0.05, 0) is 23.6 Å². The maximum absolute atomic E-state index is 13.0. The number of esters is 1. The van der Waals surface area contributed by atoms with E-state index in [1.54, 1.807) is 37.3 Å². The predicted octanol–water partition coefficient (Wildman–Crippen LogP) is 2.58. The molecule has 1 aliphatic heterocycles. The molecule has 2 aromatic rings. The zero-order valence-electron chi connectivity index (χ0n) is 13.2. The standard InChI is InChI=1S/C17H16ClNO4S/c1-11-8-13-10-24(21,22)17(16(20)23-2,14(13)19-15(11)18)9-12-6-4-3-5-7-12/h3-8H,9-10H2,1-2H3. The van der Waals surface area contributed by atoms with Crippen molar-refractivity contribution in [2.45, 2.75) is 23.8 Å². The molecule has 0 saturated carbocycles. The Kier molecular flexibility index (Phi) is 4.13. The van der Waals surface area contributed by atoms with Crippen LogP contribution in [0.15, 0.2) is 36.4 Å². The van der Waals surface area contributed by atoms with E-state index in [0.717, 1.165) is 0 Å². The van der Waals surface area contributed by atoms with E-state index in [9.17, 15) is 13.2 Å². The van der Waals surface area contributed by atoms with Crippen molar-refractivity contribution in [3.8, 4) is 0 Å². The van der Waals surface area contributed by atoms with Crippen LogP contribution in [-0.2, 0) is 36.3 Å². The minimum absolute atomic E-state index is 0.0394. The van der Waals surface area contributed by atoms with Crippen LogP contribution in [0.4, 0.5) is 0 Å². The monoisotopic (exact) mass is 365 g/mol. The normalized spacial score (nSPS) is 21.3. The topological polar surface area (TPSA) is 73.3 Å². The lowest BCUT2D eigenvalue weighted by Gasteiger charge is -2.25. The molecular weight excluding hydrogens is 350 g/mol. The van der Waals surface area contributed by atoms with Gasteiger partial charge in [0, 0.05) is 6.42 Å². The van der Waals surface area contributed by atoms with Crippen molar-refractivity contribution < 1.29 is 17.9 Å². The lowest BCUT2D eigenvalue weighted by Crippen LogP contribution is -2.44. The van der Waals surface area contributed by atoms with Crippen molar-refractivity contribution in [2.24, 2.45) is 0 Å². The number of ether oxygens (including phenoxy) is 1. The third kappa shape index (κ3) is 2.41. The molecule has 24 heavy (non-hydrogen) atoms. The third-order valence-corrected chi connectivity index (χ3v) is 6.94. The van der Waals surface area contributed by atoms with Crippen LogP contribution in [0, 0.1) is 6.92 Å². The van der Waals surface area contributed by atoms with E-state index in [1.165, 1.54) is 7.11 Å². The third-order valence-electron chi connectivity index (χ3n) is 4.30. The van der Waals surface area contributed by atoms with E-state index in [0.29, 0.717) is 16.7 Å². The van der Waals surface area contributed by atoms with Gasteiger partial charge in [-0.3, -0.25) is 0 Å². The van der Waals surface area contributed by atoms with Crippen molar-refractivity contribution in [1.29, 1.82) is 0 Å². The van der Waals surface area contributed by atoms with Crippen LogP contribution in [0.25, 0.3) is 0 Å². The van der Waals surface area contributed by atoms with Crippen molar-refractivity contribution in [3.05, 3.63) is 63.9 Å². The first-order valence-corrected chi connectivity index (χ1v) is 9.36. The number of benzene rings is 1. The molecule has 1 unspecified atom stereocenters. The molecule has 2 heterocycles. The van der Waals surface area contributed by atoms with Gasteiger partial charge in [-0.2, -0.15) is 0 Å². The summed E-state index contributed by atoms with van der Waals surface area (Å²) in [6.45, 7) is 1.75. The fourth-order valence-corrected chi connectivity index (χ4v) is 5.33. The summed E-state index contributed by atoms with van der Waals surface area (Å²) in [6.07, 6.45) is -0.0394. The predicted molar refractivity (Wildman–Crippen MR) is 90.4 cm³/mol. The number of hydrogen-bond donors (Lipinski definition) is 0. The number of methoxy groups -OCH3 is 1. The van der Waals surface area contributed by atoms with Crippen LogP contribution in [0.5, 0.6) is 0 Å². The highest BCUT2D eigenvalue weighted by molar-refractivity contribution is 7.92. The molecule has 1 aromatic carbocycles. The summed E-state index contributed by atoms with van der Waals surface area (Å²) in [5, 5.41) is 0.187. The Morgan fingerprint density at radius 1 is 1.33 bits per heavy atom. The first-order valence-electron chi connectivity index (χ1n) is 7.33. The molecule has 0 spiro atoms. The summed E-state index contributed by atoms with van der Waals surface area (Å²) in [7, 11) is -2.67. The second-order valence-electron chi connectivity index (χ2n) is 5.84. The number of carbonyl (C=O) groups is 1. The maximum atomic E-state index is 13.0. The number of hydrogen-bond acceptors (Lipinski definition) is 5. The molecule has 0 amide bonds. The number of rotatable bonds is 3. The SMILES string of the molecule is COC(=O)C1(Cc2ccccc2)c2nc(Cl)c(C)cc2CS1(=O)=O. The van der Waals surface area contributed by atoms with Gasteiger partial charge in [0.25, 0.3) is 0 Å². The van der Waals surface area contributed by atoms with E-state index in [1.807, 2.05) is 6.07 Å². The molecule has 0 N–H and O–H groups in total. The second kappa shape index (κ2) is 5.86. The molecule has 0 fully saturated rings. The summed E-state index contributed by atoms with van der Waals surface area (Å²) in [5.74, 6) is -1.09. The number of aryl methyl sites for hydroxylation is 1. The van der Waals surface area contributed by atoms with E-state index in [2.05, 4.69) is 4.98 Å². The van der Waals surface area contributed by atoms with Crippen molar-refractivity contribution in [3.63, 3.8) is 0 Å². The summed E-state index contributed by atoms with van der Waals surface area (Å²) in [5.41, 5.74) is 2.05. The average molecular weight is 366 g/mol. The lowest BCUT2D eigenvalue weighted by molar-refractivity contribution is -0.144. The van der Waals surface area contributed by atoms with Gasteiger partial charge in [0.2, 0.25) is 4.75 Å². The molecular formula is C17H16ClNO4S. The molecule has 3 rings (SSSR count). The Labute approximate surface area is 145 Å². The van der Waals surface area contributed by atoms with Crippen LogP contribution < -0.4 is 0 Å². The number of nitrogens with zero attached hydrogens (tertiary/aromatic N) is 1. The number of aromatic nitrogens is 1. The highest BCUT2D eigenvalue weighted by Gasteiger charge is 2.59. The molecule has 7 heteroatoms. The highest BCUT2D eigenvalue weighted by Crippen LogP contribution is 2.45. The number of sulfone groups is 1. The smallest absolute Gasteiger partial charge is 0.333 e. The van der Waals surface area contributed by atoms with Crippen LogP contribution in [0.2, 0.25) is 5.15 Å². The Balaban J connectivity index is 2.29. The van der Waals surface area contributed by atoms with Gasteiger partial charge >= 0.3 is 5.97 Å². The molecule has 0 aliphatic carbocycles. The van der Waals surface area contributed by atoms with Gasteiger partial charge in [0.1, 0.15) is 5.15 Å². The molecule has 1 aliphatic rings. The van der Waals surface area contributed by atoms with Gasteiger partial charge < -0.3 is 4.74 Å². The fraction of sp³-hybridized carbons (Fsp3) is 0.294. The molecule has 1 atom stereocenters. The van der Waals surface area contributed by atoms with Crippen LogP contribution in [0.3, 0.4) is 0 Å². The largest absolute Gasteiger partial charge is 0.468 e. The highest BCUT2D eigenvalue weighted by atomic mass is 35.5. The van der Waals surface area contributed by atoms with E-state index >= 15 is 0 Å². The van der Waals surface area contributed by atoms with Gasteiger partial charge in [-0.15, -0.1) is 0 Å². The van der Waals surface area contributed by atoms with Crippen LogP contribution in [0.1, 0.15) is 22.4 Å². The van der Waals surface area contributed by atoms with E-state index < -0.39 is 20.6 Å². The lowest BCUT2D eigenvalue weighted by atomic mass is 9.92.